The molecule has 3 aromatic carbocycles. The highest BCUT2D eigenvalue weighted by Gasteiger charge is 2.30. The normalized spacial score (nSPS) is 13.0. The molecule has 0 fully saturated rings. The molecular weight excluding hydrogens is 362 g/mol. The highest BCUT2D eigenvalue weighted by molar-refractivity contribution is 6.26. The number of ether oxygens (including phenoxy) is 1. The molecule has 4 rings (SSSR count). The third-order valence-electron chi connectivity index (χ3n) is 4.45. The zero-order valence-corrected chi connectivity index (χ0v) is 14.2. The lowest BCUT2D eigenvalue weighted by atomic mass is 9.91. The molecule has 0 aromatic heterocycles. The van der Waals surface area contributed by atoms with E-state index in [0.29, 0.717) is 16.3 Å². The van der Waals surface area contributed by atoms with E-state index < -0.39 is 22.6 Å². The summed E-state index contributed by atoms with van der Waals surface area (Å²) < 4.78 is 4.77. The van der Waals surface area contributed by atoms with Crippen molar-refractivity contribution in [3.8, 4) is 0 Å². The molecule has 0 saturated heterocycles. The maximum absolute atomic E-state index is 12.7. The summed E-state index contributed by atoms with van der Waals surface area (Å²) in [7, 11) is 0. The number of nitro groups is 1. The highest BCUT2D eigenvalue weighted by Crippen LogP contribution is 2.31. The molecule has 7 nitrogen and oxygen atoms in total. The van der Waals surface area contributed by atoms with Crippen LogP contribution in [0.4, 0.5) is 5.69 Å². The number of hydrogen-bond acceptors (Lipinski definition) is 6. The van der Waals surface area contributed by atoms with Crippen molar-refractivity contribution in [3.05, 3.63) is 93.0 Å². The van der Waals surface area contributed by atoms with Crippen LogP contribution in [0.5, 0.6) is 0 Å². The molecule has 0 bridgehead atoms. The van der Waals surface area contributed by atoms with E-state index in [-0.39, 0.29) is 22.4 Å². The van der Waals surface area contributed by atoms with Crippen molar-refractivity contribution in [1.82, 2.24) is 0 Å². The number of carbonyl (C=O) groups excluding carboxylic acids is 3. The second kappa shape index (κ2) is 6.55. The van der Waals surface area contributed by atoms with E-state index in [9.17, 15) is 24.5 Å². The molecule has 0 amide bonds. The predicted molar refractivity (Wildman–Crippen MR) is 100 cm³/mol. The van der Waals surface area contributed by atoms with Gasteiger partial charge in [0.2, 0.25) is 0 Å². The Kier molecular flexibility index (Phi) is 4.04. The molecular formula is C21H11NO6. The molecule has 1 aliphatic heterocycles. The fourth-order valence-electron chi connectivity index (χ4n) is 3.13. The maximum atomic E-state index is 12.7. The van der Waals surface area contributed by atoms with Gasteiger partial charge in [0.05, 0.1) is 16.1 Å². The number of ketones is 1. The predicted octanol–water partition coefficient (Wildman–Crippen LogP) is 3.95. The Labute approximate surface area is 158 Å². The molecule has 136 valence electrons. The van der Waals surface area contributed by atoms with E-state index in [4.69, 9.17) is 4.74 Å². The van der Waals surface area contributed by atoms with Gasteiger partial charge < -0.3 is 4.74 Å². The van der Waals surface area contributed by atoms with Crippen LogP contribution in [0.3, 0.4) is 0 Å². The molecule has 1 heterocycles. The summed E-state index contributed by atoms with van der Waals surface area (Å²) >= 11 is 0. The standard InChI is InChI=1S/C21H11NO6/c23-17(11-6-12-4-8-14(9-5-12)22(26)27)15-10-7-13-2-1-3-16-18(13)19(15)21(25)28-20(16)24/h1-11H. The number of benzene rings is 3. The second-order valence-electron chi connectivity index (χ2n) is 6.12. The van der Waals surface area contributed by atoms with Gasteiger partial charge in [-0.05, 0) is 41.3 Å². The Hall–Kier alpha value is -4.13. The molecule has 7 heteroatoms. The molecule has 0 radical (unpaired) electrons. The van der Waals surface area contributed by atoms with Crippen molar-refractivity contribution in [3.63, 3.8) is 0 Å². The average Bonchev–Trinajstić information content (AvgIpc) is 2.70. The van der Waals surface area contributed by atoms with Crippen LogP contribution in [0.25, 0.3) is 16.8 Å². The Morgan fingerprint density at radius 2 is 1.71 bits per heavy atom. The first-order valence-corrected chi connectivity index (χ1v) is 8.25. The summed E-state index contributed by atoms with van der Waals surface area (Å²) in [5.41, 5.74) is 0.956. The van der Waals surface area contributed by atoms with E-state index in [1.54, 1.807) is 24.3 Å². The van der Waals surface area contributed by atoms with E-state index in [0.717, 1.165) is 0 Å². The number of esters is 2. The van der Waals surface area contributed by atoms with Crippen LogP contribution in [-0.4, -0.2) is 22.6 Å². The lowest BCUT2D eigenvalue weighted by Gasteiger charge is -2.17. The summed E-state index contributed by atoms with van der Waals surface area (Å²) in [4.78, 5) is 47.1. The van der Waals surface area contributed by atoms with Gasteiger partial charge in [-0.25, -0.2) is 9.59 Å². The first-order valence-electron chi connectivity index (χ1n) is 8.25. The number of nitrogens with zero attached hydrogens (tertiary/aromatic N) is 1. The summed E-state index contributed by atoms with van der Waals surface area (Å²) in [6.07, 6.45) is 2.76. The second-order valence-corrected chi connectivity index (χ2v) is 6.12. The monoisotopic (exact) mass is 373 g/mol. The Balaban J connectivity index is 1.74. The summed E-state index contributed by atoms with van der Waals surface area (Å²) in [5, 5.41) is 11.8. The Morgan fingerprint density at radius 1 is 0.964 bits per heavy atom. The van der Waals surface area contributed by atoms with Crippen LogP contribution in [-0.2, 0) is 4.74 Å². The van der Waals surface area contributed by atoms with Crippen molar-refractivity contribution in [2.45, 2.75) is 0 Å². The van der Waals surface area contributed by atoms with E-state index in [1.807, 2.05) is 0 Å². The molecule has 0 atom stereocenters. The van der Waals surface area contributed by atoms with Gasteiger partial charge >= 0.3 is 11.9 Å². The number of carbonyl (C=O) groups is 3. The summed E-state index contributed by atoms with van der Waals surface area (Å²) in [5.74, 6) is -2.05. The van der Waals surface area contributed by atoms with Crippen LogP contribution in [0.15, 0.2) is 60.7 Å². The van der Waals surface area contributed by atoms with Crippen molar-refractivity contribution < 1.29 is 24.0 Å². The smallest absolute Gasteiger partial charge is 0.347 e. The Morgan fingerprint density at radius 3 is 2.43 bits per heavy atom. The minimum Gasteiger partial charge on any atom is -0.386 e. The first-order chi connectivity index (χ1) is 13.5. The topological polar surface area (TPSA) is 104 Å². The molecule has 1 aliphatic rings. The zero-order valence-electron chi connectivity index (χ0n) is 14.2. The van der Waals surface area contributed by atoms with E-state index in [2.05, 4.69) is 0 Å². The van der Waals surface area contributed by atoms with Crippen molar-refractivity contribution >= 4 is 40.3 Å². The van der Waals surface area contributed by atoms with Crippen LogP contribution < -0.4 is 0 Å². The number of cyclic esters (lactones) is 2. The molecule has 0 spiro atoms. The lowest BCUT2D eigenvalue weighted by molar-refractivity contribution is -0.384. The fraction of sp³-hybridized carbons (Fsp3) is 0. The van der Waals surface area contributed by atoms with Crippen LogP contribution in [0, 0.1) is 10.1 Å². The van der Waals surface area contributed by atoms with Gasteiger partial charge in [0.15, 0.2) is 5.78 Å². The minimum atomic E-state index is -0.860. The largest absolute Gasteiger partial charge is 0.386 e. The third-order valence-corrected chi connectivity index (χ3v) is 4.45. The van der Waals surface area contributed by atoms with Gasteiger partial charge in [0.1, 0.15) is 0 Å². The number of rotatable bonds is 4. The summed E-state index contributed by atoms with van der Waals surface area (Å²) in [6.45, 7) is 0. The van der Waals surface area contributed by atoms with Crippen molar-refractivity contribution in [2.24, 2.45) is 0 Å². The number of allylic oxidation sites excluding steroid dienone is 1. The summed E-state index contributed by atoms with van der Waals surface area (Å²) in [6, 6.07) is 13.8. The number of non-ortho nitro benzene ring substituents is 1. The van der Waals surface area contributed by atoms with Gasteiger partial charge in [0, 0.05) is 23.1 Å². The highest BCUT2D eigenvalue weighted by atomic mass is 16.6. The lowest BCUT2D eigenvalue weighted by Crippen LogP contribution is -2.22. The SMILES string of the molecule is O=C(C=Cc1ccc([N+](=O)[O-])cc1)c1ccc2cccc3c2c1C(=O)OC3=O. The van der Waals surface area contributed by atoms with Gasteiger partial charge in [-0.2, -0.15) is 0 Å². The minimum absolute atomic E-state index is 0.0534. The first kappa shape index (κ1) is 17.3. The van der Waals surface area contributed by atoms with Gasteiger partial charge in [-0.15, -0.1) is 0 Å². The van der Waals surface area contributed by atoms with Crippen LogP contribution in [0.2, 0.25) is 0 Å². The van der Waals surface area contributed by atoms with E-state index in [1.165, 1.54) is 42.5 Å². The molecule has 0 aliphatic carbocycles. The average molecular weight is 373 g/mol. The third kappa shape index (κ3) is 2.84. The van der Waals surface area contributed by atoms with Gasteiger partial charge in [0.25, 0.3) is 5.69 Å². The zero-order chi connectivity index (χ0) is 19.8. The van der Waals surface area contributed by atoms with E-state index >= 15 is 0 Å². The van der Waals surface area contributed by atoms with Crippen molar-refractivity contribution in [2.75, 3.05) is 0 Å². The molecule has 28 heavy (non-hydrogen) atoms. The Bertz CT molecular complexity index is 1210. The number of nitro benzene ring substituents is 1. The fourth-order valence-corrected chi connectivity index (χ4v) is 3.13. The van der Waals surface area contributed by atoms with Crippen molar-refractivity contribution in [1.29, 1.82) is 0 Å². The van der Waals surface area contributed by atoms with Crippen LogP contribution in [0.1, 0.15) is 36.6 Å². The maximum Gasteiger partial charge on any atom is 0.347 e. The molecule has 0 N–H and O–H groups in total. The molecule has 0 unspecified atom stereocenters. The van der Waals surface area contributed by atoms with Gasteiger partial charge in [-0.1, -0.05) is 24.3 Å². The van der Waals surface area contributed by atoms with Crippen LogP contribution >= 0.6 is 0 Å². The molecule has 0 saturated carbocycles. The van der Waals surface area contributed by atoms with Gasteiger partial charge in [-0.3, -0.25) is 14.9 Å². The quantitative estimate of drug-likeness (QED) is 0.171. The molecule has 3 aromatic rings. The number of hydrogen-bond donors (Lipinski definition) is 0.